The zero-order valence-electron chi connectivity index (χ0n) is 16.5. The molecule has 2 fully saturated rings. The maximum atomic E-state index is 12.1. The van der Waals surface area contributed by atoms with Gasteiger partial charge in [-0.3, -0.25) is 9.79 Å². The zero-order chi connectivity index (χ0) is 18.4. The van der Waals surface area contributed by atoms with Gasteiger partial charge in [0.1, 0.15) is 5.82 Å². The SMILES string of the molecule is CN=C(NCCC(=O)Nc1cccc(C)n1)N1CCC2(CCCCC2)C1.I. The standard InChI is InChI=1S/C20H31N5O.HI/c1-16-7-6-8-17(23-16)24-18(26)9-13-22-19(21-2)25-14-12-20(15-25)10-4-3-5-11-20;/h6-8H,3-5,9-15H2,1-2H3,(H,21,22)(H,23,24,26);1H. The van der Waals surface area contributed by atoms with Crippen molar-refractivity contribution in [3.8, 4) is 0 Å². The zero-order valence-corrected chi connectivity index (χ0v) is 18.8. The molecule has 1 saturated heterocycles. The van der Waals surface area contributed by atoms with E-state index in [9.17, 15) is 4.79 Å². The number of aromatic nitrogens is 1. The fraction of sp³-hybridized carbons (Fsp3) is 0.650. The van der Waals surface area contributed by atoms with E-state index in [0.29, 0.717) is 24.2 Å². The topological polar surface area (TPSA) is 69.6 Å². The third-order valence-electron chi connectivity index (χ3n) is 5.65. The number of guanidine groups is 1. The van der Waals surface area contributed by atoms with Gasteiger partial charge in [-0.2, -0.15) is 0 Å². The van der Waals surface area contributed by atoms with Gasteiger partial charge in [-0.1, -0.05) is 25.3 Å². The molecule has 1 saturated carbocycles. The first-order valence-electron chi connectivity index (χ1n) is 9.79. The average Bonchev–Trinajstić information content (AvgIpc) is 3.02. The Morgan fingerprint density at radius 3 is 2.74 bits per heavy atom. The molecule has 27 heavy (non-hydrogen) atoms. The highest BCUT2D eigenvalue weighted by Gasteiger charge is 2.39. The first-order chi connectivity index (χ1) is 12.6. The number of carbonyl (C=O) groups is 1. The summed E-state index contributed by atoms with van der Waals surface area (Å²) >= 11 is 0. The first kappa shape index (κ1) is 21.9. The van der Waals surface area contributed by atoms with Crippen LogP contribution in [0.1, 0.15) is 50.6 Å². The highest BCUT2D eigenvalue weighted by atomic mass is 127. The summed E-state index contributed by atoms with van der Waals surface area (Å²) in [5, 5.41) is 6.20. The Bertz CT molecular complexity index is 658. The lowest BCUT2D eigenvalue weighted by atomic mass is 9.73. The first-order valence-corrected chi connectivity index (χ1v) is 9.79. The van der Waals surface area contributed by atoms with Crippen LogP contribution in [0.4, 0.5) is 5.82 Å². The van der Waals surface area contributed by atoms with Gasteiger partial charge in [0.25, 0.3) is 0 Å². The molecule has 1 aromatic rings. The minimum absolute atomic E-state index is 0. The van der Waals surface area contributed by atoms with Crippen molar-refractivity contribution < 1.29 is 4.79 Å². The van der Waals surface area contributed by atoms with E-state index in [4.69, 9.17) is 0 Å². The van der Waals surface area contributed by atoms with Crippen LogP contribution in [-0.2, 0) is 4.79 Å². The van der Waals surface area contributed by atoms with Crippen LogP contribution in [0.15, 0.2) is 23.2 Å². The quantitative estimate of drug-likeness (QED) is 0.389. The van der Waals surface area contributed by atoms with Crippen LogP contribution >= 0.6 is 24.0 Å². The molecule has 6 nitrogen and oxygen atoms in total. The van der Waals surface area contributed by atoms with E-state index in [1.54, 1.807) is 0 Å². The van der Waals surface area contributed by atoms with Gasteiger partial charge < -0.3 is 15.5 Å². The molecule has 2 N–H and O–H groups in total. The minimum Gasteiger partial charge on any atom is -0.356 e. The summed E-state index contributed by atoms with van der Waals surface area (Å²) in [7, 11) is 1.82. The Labute approximate surface area is 179 Å². The number of nitrogens with one attached hydrogen (secondary N) is 2. The second-order valence-corrected chi connectivity index (χ2v) is 7.67. The van der Waals surface area contributed by atoms with Gasteiger partial charge in [0.15, 0.2) is 5.96 Å². The largest absolute Gasteiger partial charge is 0.356 e. The number of aryl methyl sites for hydroxylation is 1. The van der Waals surface area contributed by atoms with Crippen LogP contribution in [0.5, 0.6) is 0 Å². The van der Waals surface area contributed by atoms with Gasteiger partial charge in [0.2, 0.25) is 5.91 Å². The molecule has 1 aromatic heterocycles. The van der Waals surface area contributed by atoms with Crippen LogP contribution in [0, 0.1) is 12.3 Å². The van der Waals surface area contributed by atoms with Gasteiger partial charge in [-0.25, -0.2) is 4.98 Å². The lowest BCUT2D eigenvalue weighted by molar-refractivity contribution is -0.116. The summed E-state index contributed by atoms with van der Waals surface area (Å²) in [5.74, 6) is 1.50. The van der Waals surface area contributed by atoms with Crippen molar-refractivity contribution in [1.82, 2.24) is 15.2 Å². The Morgan fingerprint density at radius 2 is 2.04 bits per heavy atom. The summed E-state index contributed by atoms with van der Waals surface area (Å²) < 4.78 is 0. The molecule has 0 aromatic carbocycles. The number of carbonyl (C=O) groups excluding carboxylic acids is 1. The number of aliphatic imine (C=N–C) groups is 1. The van der Waals surface area contributed by atoms with Crippen molar-refractivity contribution in [2.24, 2.45) is 10.4 Å². The van der Waals surface area contributed by atoms with Crippen LogP contribution in [0.3, 0.4) is 0 Å². The number of anilines is 1. The fourth-order valence-corrected chi connectivity index (χ4v) is 4.26. The van der Waals surface area contributed by atoms with E-state index in [2.05, 4.69) is 25.5 Å². The minimum atomic E-state index is -0.0313. The van der Waals surface area contributed by atoms with Crippen molar-refractivity contribution >= 4 is 41.7 Å². The number of likely N-dealkylation sites (tertiary alicyclic amines) is 1. The molecule has 3 rings (SSSR count). The number of amides is 1. The van der Waals surface area contributed by atoms with Gasteiger partial charge in [-0.05, 0) is 43.7 Å². The highest BCUT2D eigenvalue weighted by molar-refractivity contribution is 14.0. The van der Waals surface area contributed by atoms with E-state index in [1.807, 2.05) is 32.2 Å². The van der Waals surface area contributed by atoms with Gasteiger partial charge in [0.05, 0.1) is 0 Å². The van der Waals surface area contributed by atoms with Gasteiger partial charge in [-0.15, -0.1) is 24.0 Å². The van der Waals surface area contributed by atoms with Crippen molar-refractivity contribution in [3.63, 3.8) is 0 Å². The molecule has 1 aliphatic carbocycles. The normalized spacial score (nSPS) is 18.9. The van der Waals surface area contributed by atoms with Crippen molar-refractivity contribution in [2.45, 2.75) is 51.9 Å². The number of rotatable bonds is 4. The maximum absolute atomic E-state index is 12.1. The Hall–Kier alpha value is -1.38. The van der Waals surface area contributed by atoms with E-state index in [0.717, 1.165) is 24.7 Å². The summed E-state index contributed by atoms with van der Waals surface area (Å²) in [6, 6.07) is 5.62. The Morgan fingerprint density at radius 1 is 1.26 bits per heavy atom. The van der Waals surface area contributed by atoms with Gasteiger partial charge >= 0.3 is 0 Å². The van der Waals surface area contributed by atoms with Crippen molar-refractivity contribution in [3.05, 3.63) is 23.9 Å². The number of hydrogen-bond acceptors (Lipinski definition) is 3. The smallest absolute Gasteiger partial charge is 0.227 e. The van der Waals surface area contributed by atoms with Crippen LogP contribution in [-0.4, -0.2) is 48.4 Å². The van der Waals surface area contributed by atoms with E-state index >= 15 is 0 Å². The van der Waals surface area contributed by atoms with Crippen LogP contribution < -0.4 is 10.6 Å². The predicted octanol–water partition coefficient (Wildman–Crippen LogP) is 3.57. The monoisotopic (exact) mass is 485 g/mol. The van der Waals surface area contributed by atoms with Crippen molar-refractivity contribution in [2.75, 3.05) is 32.0 Å². The number of halogens is 1. The average molecular weight is 485 g/mol. The number of pyridine rings is 1. The Balaban J connectivity index is 0.00000261. The van der Waals surface area contributed by atoms with E-state index < -0.39 is 0 Å². The summed E-state index contributed by atoms with van der Waals surface area (Å²) in [4.78, 5) is 23.2. The molecule has 1 aliphatic heterocycles. The maximum Gasteiger partial charge on any atom is 0.227 e. The summed E-state index contributed by atoms with van der Waals surface area (Å²) in [6.45, 7) is 4.66. The molecule has 2 aliphatic rings. The molecule has 0 radical (unpaired) electrons. The second-order valence-electron chi connectivity index (χ2n) is 7.67. The molecule has 7 heteroatoms. The predicted molar refractivity (Wildman–Crippen MR) is 121 cm³/mol. The number of hydrogen-bond donors (Lipinski definition) is 2. The molecule has 1 spiro atoms. The molecular formula is C20H32IN5O. The highest BCUT2D eigenvalue weighted by Crippen LogP contribution is 2.43. The fourth-order valence-electron chi connectivity index (χ4n) is 4.26. The summed E-state index contributed by atoms with van der Waals surface area (Å²) in [5.41, 5.74) is 1.40. The molecule has 0 atom stereocenters. The molecule has 2 heterocycles. The number of nitrogens with zero attached hydrogens (tertiary/aromatic N) is 3. The lowest BCUT2D eigenvalue weighted by Gasteiger charge is -2.33. The van der Waals surface area contributed by atoms with E-state index in [1.165, 1.54) is 38.5 Å². The van der Waals surface area contributed by atoms with Crippen LogP contribution in [0.2, 0.25) is 0 Å². The van der Waals surface area contributed by atoms with E-state index in [-0.39, 0.29) is 29.9 Å². The molecule has 0 bridgehead atoms. The van der Waals surface area contributed by atoms with Crippen LogP contribution in [0.25, 0.3) is 0 Å². The molecule has 0 unspecified atom stereocenters. The second kappa shape index (κ2) is 10.2. The molecular weight excluding hydrogens is 453 g/mol. The molecule has 150 valence electrons. The lowest BCUT2D eigenvalue weighted by Crippen LogP contribution is -2.42. The third-order valence-corrected chi connectivity index (χ3v) is 5.65. The summed E-state index contributed by atoms with van der Waals surface area (Å²) in [6.07, 6.45) is 8.50. The third kappa shape index (κ3) is 6.05. The Kier molecular flexibility index (Phi) is 8.31. The van der Waals surface area contributed by atoms with Gasteiger partial charge in [0, 0.05) is 38.8 Å². The van der Waals surface area contributed by atoms with Crippen molar-refractivity contribution in [1.29, 1.82) is 0 Å². The molecule has 1 amide bonds.